The van der Waals surface area contributed by atoms with Crippen molar-refractivity contribution in [1.29, 1.82) is 0 Å². The highest BCUT2D eigenvalue weighted by Crippen LogP contribution is 2.35. The molecule has 1 fully saturated rings. The summed E-state index contributed by atoms with van der Waals surface area (Å²) >= 11 is 2.96. The summed E-state index contributed by atoms with van der Waals surface area (Å²) in [6.07, 6.45) is 4.29. The zero-order valence-electron chi connectivity index (χ0n) is 17.0. The van der Waals surface area contributed by atoms with E-state index in [1.807, 2.05) is 46.1 Å². The molecule has 0 bridgehead atoms. The van der Waals surface area contributed by atoms with Crippen LogP contribution in [0.4, 0.5) is 0 Å². The van der Waals surface area contributed by atoms with Gasteiger partial charge in [0.1, 0.15) is 4.83 Å². The summed E-state index contributed by atoms with van der Waals surface area (Å²) < 4.78 is 1.88. The number of aryl methyl sites for hydroxylation is 2. The minimum Gasteiger partial charge on any atom is -0.351 e. The summed E-state index contributed by atoms with van der Waals surface area (Å²) in [6.45, 7) is 11.8. The van der Waals surface area contributed by atoms with Gasteiger partial charge in [-0.3, -0.25) is 14.2 Å². The average Bonchev–Trinajstić information content (AvgIpc) is 3.15. The molecule has 0 aromatic carbocycles. The zero-order chi connectivity index (χ0) is 19.9. The van der Waals surface area contributed by atoms with Crippen molar-refractivity contribution < 1.29 is 4.79 Å². The molecule has 0 aliphatic heterocycles. The first-order chi connectivity index (χ1) is 12.6. The number of nitrogens with one attached hydrogen (secondary N) is 1. The molecule has 0 unspecified atom stereocenters. The summed E-state index contributed by atoms with van der Waals surface area (Å²) in [6, 6.07) is 0.189. The zero-order valence-corrected chi connectivity index (χ0v) is 18.6. The number of hydrogen-bond acceptors (Lipinski definition) is 5. The second kappa shape index (κ2) is 7.59. The maximum atomic E-state index is 13.4. The van der Waals surface area contributed by atoms with Crippen molar-refractivity contribution in [3.8, 4) is 0 Å². The summed E-state index contributed by atoms with van der Waals surface area (Å²) in [5.74, 6) is -0.0293. The SMILES string of the molecule is Cc1sc2nc(S[C@@H](C)C(=O)NC(C)(C)C)n(C3CCCC3)c(=O)c2c1C. The lowest BCUT2D eigenvalue weighted by Crippen LogP contribution is -2.44. The molecular formula is C20H29N3O2S2. The molecule has 5 nitrogen and oxygen atoms in total. The normalized spacial score (nSPS) is 16.8. The van der Waals surface area contributed by atoms with Gasteiger partial charge in [0, 0.05) is 16.5 Å². The number of carbonyl (C=O) groups excluding carboxylic acids is 1. The Labute approximate surface area is 169 Å². The van der Waals surface area contributed by atoms with E-state index in [0.29, 0.717) is 5.16 Å². The van der Waals surface area contributed by atoms with Crippen LogP contribution in [0.1, 0.15) is 69.9 Å². The monoisotopic (exact) mass is 407 g/mol. The average molecular weight is 408 g/mol. The number of thioether (sulfide) groups is 1. The van der Waals surface area contributed by atoms with Gasteiger partial charge < -0.3 is 5.32 Å². The second-order valence-electron chi connectivity index (χ2n) is 8.47. The second-order valence-corrected chi connectivity index (χ2v) is 11.0. The predicted molar refractivity (Wildman–Crippen MR) is 114 cm³/mol. The lowest BCUT2D eigenvalue weighted by atomic mass is 10.1. The van der Waals surface area contributed by atoms with Crippen LogP contribution in [0.15, 0.2) is 9.95 Å². The van der Waals surface area contributed by atoms with Crippen molar-refractivity contribution in [3.63, 3.8) is 0 Å². The van der Waals surface area contributed by atoms with Gasteiger partial charge in [0.25, 0.3) is 5.56 Å². The van der Waals surface area contributed by atoms with Gasteiger partial charge in [-0.25, -0.2) is 4.98 Å². The van der Waals surface area contributed by atoms with Crippen LogP contribution < -0.4 is 10.9 Å². The Hall–Kier alpha value is -1.34. The maximum absolute atomic E-state index is 13.4. The Balaban J connectivity index is 2.04. The van der Waals surface area contributed by atoms with E-state index in [1.54, 1.807) is 11.3 Å². The minimum atomic E-state index is -0.316. The highest BCUT2D eigenvalue weighted by atomic mass is 32.2. The molecular weight excluding hydrogens is 378 g/mol. The van der Waals surface area contributed by atoms with E-state index in [-0.39, 0.29) is 28.3 Å². The van der Waals surface area contributed by atoms with Gasteiger partial charge in [-0.05, 0) is 59.9 Å². The molecule has 1 atom stereocenters. The number of nitrogens with zero attached hydrogens (tertiary/aromatic N) is 2. The lowest BCUT2D eigenvalue weighted by Gasteiger charge is -2.24. The molecule has 1 saturated carbocycles. The van der Waals surface area contributed by atoms with Crippen molar-refractivity contribution in [1.82, 2.24) is 14.9 Å². The molecule has 1 aliphatic carbocycles. The molecule has 2 heterocycles. The molecule has 7 heteroatoms. The molecule has 2 aromatic heterocycles. The third-order valence-corrected chi connectivity index (χ3v) is 7.21. The van der Waals surface area contributed by atoms with Gasteiger partial charge in [0.05, 0.1) is 10.6 Å². The number of rotatable bonds is 4. The van der Waals surface area contributed by atoms with E-state index in [0.717, 1.165) is 46.3 Å². The number of hydrogen-bond donors (Lipinski definition) is 1. The molecule has 3 rings (SSSR count). The first kappa shape index (κ1) is 20.4. The van der Waals surface area contributed by atoms with Crippen molar-refractivity contribution in [3.05, 3.63) is 20.8 Å². The molecule has 1 N–H and O–H groups in total. The third-order valence-electron chi connectivity index (χ3n) is 5.04. The Morgan fingerprint density at radius 3 is 2.52 bits per heavy atom. The van der Waals surface area contributed by atoms with E-state index in [2.05, 4.69) is 5.32 Å². The Bertz CT molecular complexity index is 918. The van der Waals surface area contributed by atoms with Gasteiger partial charge in [-0.1, -0.05) is 24.6 Å². The van der Waals surface area contributed by atoms with Gasteiger partial charge in [0.15, 0.2) is 5.16 Å². The first-order valence-corrected chi connectivity index (χ1v) is 11.3. The quantitative estimate of drug-likeness (QED) is 0.595. The number of thiophene rings is 1. The van der Waals surface area contributed by atoms with Gasteiger partial charge in [-0.15, -0.1) is 11.3 Å². The van der Waals surface area contributed by atoms with Gasteiger partial charge >= 0.3 is 0 Å². The van der Waals surface area contributed by atoms with Crippen LogP contribution in [-0.4, -0.2) is 26.2 Å². The highest BCUT2D eigenvalue weighted by molar-refractivity contribution is 8.00. The third kappa shape index (κ3) is 4.24. The largest absolute Gasteiger partial charge is 0.351 e. The van der Waals surface area contributed by atoms with Crippen LogP contribution >= 0.6 is 23.1 Å². The summed E-state index contributed by atoms with van der Waals surface area (Å²) in [4.78, 5) is 32.7. The van der Waals surface area contributed by atoms with Crippen LogP contribution in [0.25, 0.3) is 10.2 Å². The van der Waals surface area contributed by atoms with E-state index in [4.69, 9.17) is 4.98 Å². The minimum absolute atomic E-state index is 0.0293. The van der Waals surface area contributed by atoms with Crippen LogP contribution in [0, 0.1) is 13.8 Å². The molecule has 0 spiro atoms. The Kier molecular flexibility index (Phi) is 5.73. The van der Waals surface area contributed by atoms with E-state index >= 15 is 0 Å². The van der Waals surface area contributed by atoms with Crippen LogP contribution in [0.2, 0.25) is 0 Å². The smallest absolute Gasteiger partial charge is 0.263 e. The lowest BCUT2D eigenvalue weighted by molar-refractivity contribution is -0.121. The highest BCUT2D eigenvalue weighted by Gasteiger charge is 2.28. The van der Waals surface area contributed by atoms with E-state index < -0.39 is 0 Å². The molecule has 1 aliphatic rings. The molecule has 1 amide bonds. The molecule has 27 heavy (non-hydrogen) atoms. The van der Waals surface area contributed by atoms with Gasteiger partial charge in [0.2, 0.25) is 5.91 Å². The number of aromatic nitrogens is 2. The molecule has 0 saturated heterocycles. The topological polar surface area (TPSA) is 64.0 Å². The summed E-state index contributed by atoms with van der Waals surface area (Å²) in [7, 11) is 0. The standard InChI is InChI=1S/C20H29N3O2S2/c1-11-12(2)26-17-15(11)18(25)23(14-9-7-8-10-14)19(21-17)27-13(3)16(24)22-20(4,5)6/h13-14H,7-10H2,1-6H3,(H,22,24)/t13-/m0/s1. The molecule has 2 aromatic rings. The Morgan fingerprint density at radius 2 is 1.93 bits per heavy atom. The first-order valence-electron chi connectivity index (χ1n) is 9.59. The number of fused-ring (bicyclic) bond motifs is 1. The van der Waals surface area contributed by atoms with Crippen molar-refractivity contribution in [2.75, 3.05) is 0 Å². The van der Waals surface area contributed by atoms with Crippen LogP contribution in [0.3, 0.4) is 0 Å². The Morgan fingerprint density at radius 1 is 1.30 bits per heavy atom. The van der Waals surface area contributed by atoms with Crippen molar-refractivity contribution >= 4 is 39.2 Å². The fourth-order valence-electron chi connectivity index (χ4n) is 3.54. The van der Waals surface area contributed by atoms with Crippen LogP contribution in [-0.2, 0) is 4.79 Å². The number of amides is 1. The van der Waals surface area contributed by atoms with E-state index in [9.17, 15) is 9.59 Å². The fourth-order valence-corrected chi connectivity index (χ4v) is 5.59. The summed E-state index contributed by atoms with van der Waals surface area (Å²) in [5, 5.41) is 4.13. The van der Waals surface area contributed by atoms with Crippen molar-refractivity contribution in [2.45, 2.75) is 89.2 Å². The van der Waals surface area contributed by atoms with E-state index in [1.165, 1.54) is 11.8 Å². The number of carbonyl (C=O) groups is 1. The fraction of sp³-hybridized carbons (Fsp3) is 0.650. The maximum Gasteiger partial charge on any atom is 0.263 e. The summed E-state index contributed by atoms with van der Waals surface area (Å²) in [5.41, 5.74) is 0.810. The predicted octanol–water partition coefficient (Wildman–Crippen LogP) is 4.59. The van der Waals surface area contributed by atoms with Gasteiger partial charge in [-0.2, -0.15) is 0 Å². The molecule has 148 valence electrons. The molecule has 0 radical (unpaired) electrons. The van der Waals surface area contributed by atoms with Crippen LogP contribution in [0.5, 0.6) is 0 Å². The van der Waals surface area contributed by atoms with Crippen molar-refractivity contribution in [2.24, 2.45) is 0 Å².